The van der Waals surface area contributed by atoms with Crippen LogP contribution in [0.4, 0.5) is 5.95 Å². The van der Waals surface area contributed by atoms with Gasteiger partial charge in [0.25, 0.3) is 5.56 Å². The first-order valence-electron chi connectivity index (χ1n) is 7.96. The molecule has 3 heterocycles. The molecule has 0 aliphatic heterocycles. The van der Waals surface area contributed by atoms with E-state index in [2.05, 4.69) is 36.8 Å². The molecule has 0 radical (unpaired) electrons. The molecule has 0 unspecified atom stereocenters. The van der Waals surface area contributed by atoms with Crippen molar-refractivity contribution < 1.29 is 0 Å². The molecule has 4 aromatic rings. The maximum absolute atomic E-state index is 11.7. The number of anilines is 1. The summed E-state index contributed by atoms with van der Waals surface area (Å²) in [7, 11) is 0. The lowest BCUT2D eigenvalue weighted by Gasteiger charge is -2.04. The summed E-state index contributed by atoms with van der Waals surface area (Å²) in [5.41, 5.74) is 7.15. The number of hydrogen-bond acceptors (Lipinski definition) is 6. The molecule has 0 fully saturated rings. The van der Waals surface area contributed by atoms with E-state index in [1.807, 2.05) is 34.9 Å². The van der Waals surface area contributed by atoms with Gasteiger partial charge in [0, 0.05) is 6.20 Å². The fourth-order valence-corrected chi connectivity index (χ4v) is 2.57. The van der Waals surface area contributed by atoms with Crippen LogP contribution in [0.25, 0.3) is 11.2 Å². The molecule has 0 aliphatic rings. The molecule has 0 atom stereocenters. The first-order chi connectivity index (χ1) is 13.1. The van der Waals surface area contributed by atoms with Crippen molar-refractivity contribution in [3.8, 4) is 11.8 Å². The van der Waals surface area contributed by atoms with Gasteiger partial charge in [-0.15, -0.1) is 0 Å². The SMILES string of the molecule is Nc1nc(C#Cc2c[nH]c(=O)[nH]c2=O)c2ncn(Cc3ccccc3)c2n1. The van der Waals surface area contributed by atoms with Gasteiger partial charge in [-0.05, 0) is 11.5 Å². The molecule has 4 rings (SSSR count). The zero-order valence-corrected chi connectivity index (χ0v) is 13.9. The monoisotopic (exact) mass is 359 g/mol. The molecule has 9 nitrogen and oxygen atoms in total. The van der Waals surface area contributed by atoms with Gasteiger partial charge in [-0.2, -0.15) is 4.98 Å². The molecule has 4 N–H and O–H groups in total. The molecule has 0 amide bonds. The molecule has 0 saturated heterocycles. The Bertz CT molecular complexity index is 1310. The van der Waals surface area contributed by atoms with Gasteiger partial charge in [-0.1, -0.05) is 36.3 Å². The van der Waals surface area contributed by atoms with Crippen LogP contribution in [0, 0.1) is 11.8 Å². The predicted molar refractivity (Wildman–Crippen MR) is 98.9 cm³/mol. The van der Waals surface area contributed by atoms with Gasteiger partial charge in [0.1, 0.15) is 16.8 Å². The van der Waals surface area contributed by atoms with E-state index >= 15 is 0 Å². The number of fused-ring (bicyclic) bond motifs is 1. The van der Waals surface area contributed by atoms with Crippen LogP contribution >= 0.6 is 0 Å². The number of benzene rings is 1. The van der Waals surface area contributed by atoms with E-state index in [-0.39, 0.29) is 11.5 Å². The standard InChI is InChI=1S/C18H13N7O2/c19-17-22-13(7-6-12-8-20-18(27)24-16(12)26)14-15(23-17)25(10-21-14)9-11-4-2-1-3-5-11/h1-5,8,10H,9H2,(H2,19,22,23)(H2,20,24,26,27). The van der Waals surface area contributed by atoms with Crippen LogP contribution in [0.3, 0.4) is 0 Å². The van der Waals surface area contributed by atoms with Gasteiger partial charge >= 0.3 is 5.69 Å². The Labute approximate surface area is 152 Å². The van der Waals surface area contributed by atoms with Crippen LogP contribution in [0.1, 0.15) is 16.8 Å². The number of nitrogens with zero attached hydrogens (tertiary/aromatic N) is 4. The second-order valence-electron chi connectivity index (χ2n) is 5.70. The minimum Gasteiger partial charge on any atom is -0.368 e. The van der Waals surface area contributed by atoms with Crippen molar-refractivity contribution in [3.05, 3.63) is 80.5 Å². The maximum Gasteiger partial charge on any atom is 0.325 e. The lowest BCUT2D eigenvalue weighted by Crippen LogP contribution is -2.23. The van der Waals surface area contributed by atoms with E-state index in [4.69, 9.17) is 5.73 Å². The van der Waals surface area contributed by atoms with Crippen LogP contribution < -0.4 is 17.0 Å². The molecule has 132 valence electrons. The lowest BCUT2D eigenvalue weighted by atomic mass is 10.2. The lowest BCUT2D eigenvalue weighted by molar-refractivity contribution is 0.814. The number of H-pyrrole nitrogens is 2. The number of nitrogen functional groups attached to an aromatic ring is 1. The smallest absolute Gasteiger partial charge is 0.325 e. The highest BCUT2D eigenvalue weighted by Crippen LogP contribution is 2.16. The molecule has 0 aliphatic carbocycles. The first-order valence-corrected chi connectivity index (χ1v) is 7.96. The third-order valence-electron chi connectivity index (χ3n) is 3.81. The normalized spacial score (nSPS) is 10.5. The van der Waals surface area contributed by atoms with Crippen molar-refractivity contribution in [2.45, 2.75) is 6.54 Å². The molecule has 3 aromatic heterocycles. The summed E-state index contributed by atoms with van der Waals surface area (Å²) >= 11 is 0. The third-order valence-corrected chi connectivity index (χ3v) is 3.81. The summed E-state index contributed by atoms with van der Waals surface area (Å²) in [6, 6.07) is 9.85. The second-order valence-corrected chi connectivity index (χ2v) is 5.70. The Morgan fingerprint density at radius 1 is 1.11 bits per heavy atom. The minimum atomic E-state index is -0.598. The topological polar surface area (TPSA) is 135 Å². The first kappa shape index (κ1) is 16.3. The number of nitrogens with two attached hydrogens (primary N) is 1. The molecule has 27 heavy (non-hydrogen) atoms. The fourth-order valence-electron chi connectivity index (χ4n) is 2.57. The Morgan fingerprint density at radius 2 is 1.93 bits per heavy atom. The highest BCUT2D eigenvalue weighted by atomic mass is 16.2. The summed E-state index contributed by atoms with van der Waals surface area (Å²) in [4.78, 5) is 40.0. The van der Waals surface area contributed by atoms with E-state index < -0.39 is 11.2 Å². The number of nitrogens with one attached hydrogen (secondary N) is 2. The van der Waals surface area contributed by atoms with Crippen LogP contribution in [-0.2, 0) is 6.54 Å². The Morgan fingerprint density at radius 3 is 2.70 bits per heavy atom. The van der Waals surface area contributed by atoms with Crippen LogP contribution in [0.15, 0.2) is 52.4 Å². The third kappa shape index (κ3) is 3.32. The van der Waals surface area contributed by atoms with Crippen molar-refractivity contribution in [3.63, 3.8) is 0 Å². The van der Waals surface area contributed by atoms with E-state index in [1.54, 1.807) is 6.33 Å². The zero-order chi connectivity index (χ0) is 18.8. The largest absolute Gasteiger partial charge is 0.368 e. The quantitative estimate of drug-likeness (QED) is 0.439. The number of imidazole rings is 1. The van der Waals surface area contributed by atoms with Crippen molar-refractivity contribution in [1.29, 1.82) is 0 Å². The van der Waals surface area contributed by atoms with Crippen LogP contribution in [-0.4, -0.2) is 29.5 Å². The van der Waals surface area contributed by atoms with Gasteiger partial charge < -0.3 is 15.3 Å². The molecule has 0 bridgehead atoms. The molecule has 0 saturated carbocycles. The number of aromatic amines is 2. The number of hydrogen-bond donors (Lipinski definition) is 3. The van der Waals surface area contributed by atoms with Crippen LogP contribution in [0.5, 0.6) is 0 Å². The van der Waals surface area contributed by atoms with E-state index in [0.29, 0.717) is 23.4 Å². The van der Waals surface area contributed by atoms with Crippen LogP contribution in [0.2, 0.25) is 0 Å². The van der Waals surface area contributed by atoms with Gasteiger partial charge in [0.15, 0.2) is 5.65 Å². The summed E-state index contributed by atoms with van der Waals surface area (Å²) in [6.07, 6.45) is 2.88. The molecule has 0 spiro atoms. The Balaban J connectivity index is 1.78. The molecule has 9 heteroatoms. The highest BCUT2D eigenvalue weighted by Gasteiger charge is 2.11. The van der Waals surface area contributed by atoms with E-state index in [1.165, 1.54) is 6.20 Å². The highest BCUT2D eigenvalue weighted by molar-refractivity contribution is 5.78. The number of rotatable bonds is 2. The summed E-state index contributed by atoms with van der Waals surface area (Å²) in [5.74, 6) is 5.51. The molecular formula is C18H13N7O2. The van der Waals surface area contributed by atoms with Gasteiger partial charge in [-0.25, -0.2) is 14.8 Å². The zero-order valence-electron chi connectivity index (χ0n) is 13.9. The molecule has 1 aromatic carbocycles. The van der Waals surface area contributed by atoms with Gasteiger partial charge in [-0.3, -0.25) is 9.78 Å². The Kier molecular flexibility index (Phi) is 3.99. The fraction of sp³-hybridized carbons (Fsp3) is 0.0556. The van der Waals surface area contributed by atoms with Gasteiger partial charge in [0.2, 0.25) is 5.95 Å². The minimum absolute atomic E-state index is 0.0528. The predicted octanol–water partition coefficient (Wildman–Crippen LogP) is 0.233. The summed E-state index contributed by atoms with van der Waals surface area (Å²) in [6.45, 7) is 0.570. The average molecular weight is 359 g/mol. The van der Waals surface area contributed by atoms with Crippen molar-refractivity contribution >= 4 is 17.1 Å². The van der Waals surface area contributed by atoms with Crippen molar-refractivity contribution in [2.75, 3.05) is 5.73 Å². The van der Waals surface area contributed by atoms with Gasteiger partial charge in [0.05, 0.1) is 12.9 Å². The summed E-state index contributed by atoms with van der Waals surface area (Å²) in [5, 5.41) is 0. The van der Waals surface area contributed by atoms with E-state index in [0.717, 1.165) is 5.56 Å². The Hall–Kier alpha value is -4.19. The maximum atomic E-state index is 11.7. The second kappa shape index (κ2) is 6.61. The number of aromatic nitrogens is 6. The summed E-state index contributed by atoms with van der Waals surface area (Å²) < 4.78 is 1.85. The van der Waals surface area contributed by atoms with Crippen molar-refractivity contribution in [2.24, 2.45) is 0 Å². The van der Waals surface area contributed by atoms with Crippen molar-refractivity contribution in [1.82, 2.24) is 29.5 Å². The van der Waals surface area contributed by atoms with E-state index in [9.17, 15) is 9.59 Å². The average Bonchev–Trinajstić information content (AvgIpc) is 3.04. The molecular weight excluding hydrogens is 346 g/mol.